The summed E-state index contributed by atoms with van der Waals surface area (Å²) >= 11 is 0. The number of likely N-dealkylation sites (tertiary alicyclic amines) is 2. The summed E-state index contributed by atoms with van der Waals surface area (Å²) in [6.45, 7) is 4.37. The van der Waals surface area contributed by atoms with Gasteiger partial charge in [0.05, 0.1) is 35.9 Å². The zero-order chi connectivity index (χ0) is 40.7. The lowest BCUT2D eigenvalue weighted by Gasteiger charge is -2.37. The predicted molar refractivity (Wildman–Crippen MR) is 222 cm³/mol. The molecule has 302 valence electrons. The predicted octanol–water partition coefficient (Wildman–Crippen LogP) is 7.09. The maximum atomic E-state index is 14.3. The minimum atomic E-state index is -1.13. The second-order valence-corrected chi connectivity index (χ2v) is 15.0. The van der Waals surface area contributed by atoms with Crippen molar-refractivity contribution in [2.75, 3.05) is 26.7 Å². The summed E-state index contributed by atoms with van der Waals surface area (Å²) in [7, 11) is 1.44. The molecule has 3 aromatic carbocycles. The number of nitrogens with zero attached hydrogens (tertiary/aromatic N) is 6. The Balaban J connectivity index is 0.909. The highest BCUT2D eigenvalue weighted by molar-refractivity contribution is 5.85. The van der Waals surface area contributed by atoms with Crippen molar-refractivity contribution in [1.82, 2.24) is 50.3 Å². The molecule has 2 fully saturated rings. The third kappa shape index (κ3) is 8.77. The van der Waals surface area contributed by atoms with E-state index in [1.54, 1.807) is 56.0 Å². The van der Waals surface area contributed by atoms with Crippen LogP contribution in [0.25, 0.3) is 33.9 Å². The van der Waals surface area contributed by atoms with Crippen LogP contribution in [0.3, 0.4) is 0 Å². The summed E-state index contributed by atoms with van der Waals surface area (Å²) in [5, 5.41) is 5.30. The van der Waals surface area contributed by atoms with E-state index in [-0.39, 0.29) is 18.0 Å². The first kappa shape index (κ1) is 39.2. The number of carbonyl (C=O) groups excluding carboxylic acids is 3. The van der Waals surface area contributed by atoms with Crippen molar-refractivity contribution < 1.29 is 19.1 Å². The molecule has 0 saturated carbocycles. The van der Waals surface area contributed by atoms with Crippen LogP contribution in [-0.2, 0) is 14.3 Å². The van der Waals surface area contributed by atoms with Gasteiger partial charge in [0, 0.05) is 42.7 Å². The Morgan fingerprint density at radius 1 is 0.712 bits per heavy atom. The van der Waals surface area contributed by atoms with Gasteiger partial charge in [0.1, 0.15) is 17.7 Å². The summed E-state index contributed by atoms with van der Waals surface area (Å²) in [4.78, 5) is 69.4. The fourth-order valence-corrected chi connectivity index (χ4v) is 7.99. The Hall–Kier alpha value is -6.67. The van der Waals surface area contributed by atoms with Gasteiger partial charge in [-0.2, -0.15) is 0 Å². The number of aromatic nitrogens is 6. The molecule has 0 bridgehead atoms. The molecule has 2 aliphatic heterocycles. The second kappa shape index (κ2) is 17.9. The highest BCUT2D eigenvalue weighted by atomic mass is 16.6. The molecule has 3 amide bonds. The van der Waals surface area contributed by atoms with Gasteiger partial charge in [-0.15, -0.1) is 0 Å². The summed E-state index contributed by atoms with van der Waals surface area (Å²) in [6.07, 6.45) is 10.5. The number of carbonyl (C=O) groups is 3. The number of nitrogens with one attached hydrogen (secondary N) is 4. The second-order valence-electron chi connectivity index (χ2n) is 15.0. The van der Waals surface area contributed by atoms with Gasteiger partial charge in [0.25, 0.3) is 5.91 Å². The van der Waals surface area contributed by atoms with Gasteiger partial charge in [-0.05, 0) is 56.8 Å². The van der Waals surface area contributed by atoms with Crippen LogP contribution < -0.4 is 10.6 Å². The van der Waals surface area contributed by atoms with Crippen LogP contribution >= 0.6 is 0 Å². The number of amides is 3. The molecule has 59 heavy (non-hydrogen) atoms. The zero-order valence-electron chi connectivity index (χ0n) is 33.2. The van der Waals surface area contributed by atoms with Gasteiger partial charge < -0.3 is 30.2 Å². The molecule has 0 radical (unpaired) electrons. The zero-order valence-corrected chi connectivity index (χ0v) is 33.2. The molecule has 4 N–H and O–H groups in total. The monoisotopic (exact) mass is 792 g/mol. The Morgan fingerprint density at radius 2 is 1.36 bits per heavy atom. The number of hydrogen-bond donors (Lipinski definition) is 4. The normalized spacial score (nSPS) is 17.2. The minimum Gasteiger partial charge on any atom is -0.431 e. The van der Waals surface area contributed by atoms with Crippen LogP contribution in [0, 0.1) is 0 Å². The van der Waals surface area contributed by atoms with E-state index in [1.165, 1.54) is 13.5 Å². The van der Waals surface area contributed by atoms with Crippen molar-refractivity contribution in [3.8, 4) is 33.9 Å². The molecular formula is C45H48N10O4. The molecule has 8 rings (SSSR count). The molecular weight excluding hydrogens is 745 g/mol. The summed E-state index contributed by atoms with van der Waals surface area (Å²) in [5.41, 5.74) is 5.70. The van der Waals surface area contributed by atoms with E-state index in [0.29, 0.717) is 23.8 Å². The Kier molecular flexibility index (Phi) is 11.9. The quantitative estimate of drug-likeness (QED) is 0.101. The summed E-state index contributed by atoms with van der Waals surface area (Å²) in [6, 6.07) is 25.9. The highest BCUT2D eigenvalue weighted by Gasteiger charge is 2.39. The molecule has 4 atom stereocenters. The lowest BCUT2D eigenvalue weighted by Crippen LogP contribution is -2.44. The van der Waals surface area contributed by atoms with Gasteiger partial charge in [-0.1, -0.05) is 91.3 Å². The average Bonchev–Trinajstić information content (AvgIpc) is 4.09. The lowest BCUT2D eigenvalue weighted by molar-refractivity contribution is -0.139. The third-order valence-electron chi connectivity index (χ3n) is 11.1. The number of H-pyrrole nitrogens is 2. The lowest BCUT2D eigenvalue weighted by atomic mass is 10.00. The maximum absolute atomic E-state index is 14.3. The number of benzene rings is 3. The number of alkyl carbamates (subject to hydrolysis) is 1. The molecule has 0 aliphatic carbocycles. The molecule has 0 unspecified atom stereocenters. The van der Waals surface area contributed by atoms with Crippen LogP contribution in [-0.4, -0.2) is 84.3 Å². The van der Waals surface area contributed by atoms with Crippen molar-refractivity contribution >= 4 is 17.9 Å². The Morgan fingerprint density at radius 3 is 2.05 bits per heavy atom. The fraction of sp³-hybridized carbons (Fsp3) is 0.311. The van der Waals surface area contributed by atoms with Crippen LogP contribution in [0.5, 0.6) is 0 Å². The van der Waals surface area contributed by atoms with Gasteiger partial charge in [-0.3, -0.25) is 14.5 Å². The number of hydrogen-bond acceptors (Lipinski definition) is 9. The molecule has 2 aliphatic rings. The summed E-state index contributed by atoms with van der Waals surface area (Å²) < 4.78 is 5.38. The molecule has 3 aromatic heterocycles. The number of ether oxygens (including phenoxy) is 1. The molecule has 0 spiro atoms. The standard InChI is InChI=1S/C45H48N10O4/c1-29(51-43(56)39(59-45(58)46-2)32-15-8-4-9-16-32)40-49-27-35(52-40)30-18-20-33(21-19-30)41-47-25-34(26-48-41)36-28-50-42(53-36)37-17-12-24-55(37)44(57)38(31-13-6-3-7-14-31)54-22-10-5-11-23-54/h3-4,6-9,13-16,18-21,25-29,37-39H,5,10-12,17,22-24H2,1-2H3,(H,46,58)(H,49,52)(H,50,53)(H,51,56)/t29-,37-,38+,39+/m0/s1. The molecule has 14 nitrogen and oxygen atoms in total. The number of imidazole rings is 2. The van der Waals surface area contributed by atoms with E-state index in [2.05, 4.69) is 52.6 Å². The average molecular weight is 793 g/mol. The van der Waals surface area contributed by atoms with Gasteiger partial charge >= 0.3 is 6.09 Å². The summed E-state index contributed by atoms with van der Waals surface area (Å²) in [5.74, 6) is 1.58. The van der Waals surface area contributed by atoms with E-state index in [9.17, 15) is 14.4 Å². The van der Waals surface area contributed by atoms with Crippen LogP contribution in [0.2, 0.25) is 0 Å². The SMILES string of the molecule is CNC(=O)O[C@@H](C(=O)N[C@@H](C)c1ncc(-c2ccc(-c3ncc(-c4cnc([C@@H]5CCCN5C(=O)[C@@H](c5ccccc5)N5CCCCC5)[nH]4)cn3)cc2)[nH]1)c1ccccc1. The maximum Gasteiger partial charge on any atom is 0.408 e. The smallest absolute Gasteiger partial charge is 0.408 e. The Labute approximate surface area is 342 Å². The van der Waals surface area contributed by atoms with Crippen LogP contribution in [0.4, 0.5) is 4.79 Å². The third-order valence-corrected chi connectivity index (χ3v) is 11.1. The van der Waals surface area contributed by atoms with Crippen molar-refractivity contribution in [3.05, 3.63) is 132 Å². The van der Waals surface area contributed by atoms with Crippen molar-refractivity contribution in [2.45, 2.75) is 63.3 Å². The van der Waals surface area contributed by atoms with Crippen LogP contribution in [0.15, 0.2) is 110 Å². The number of rotatable bonds is 12. The largest absolute Gasteiger partial charge is 0.431 e. The van der Waals surface area contributed by atoms with E-state index in [4.69, 9.17) is 9.72 Å². The van der Waals surface area contributed by atoms with E-state index < -0.39 is 24.1 Å². The first-order chi connectivity index (χ1) is 28.9. The molecule has 14 heteroatoms. The number of aromatic amines is 2. The van der Waals surface area contributed by atoms with Gasteiger partial charge in [-0.25, -0.2) is 24.7 Å². The fourth-order valence-electron chi connectivity index (χ4n) is 7.99. The highest BCUT2D eigenvalue weighted by Crippen LogP contribution is 2.36. The molecule has 2 saturated heterocycles. The first-order valence-corrected chi connectivity index (χ1v) is 20.2. The van der Waals surface area contributed by atoms with E-state index >= 15 is 0 Å². The van der Waals surface area contributed by atoms with Crippen molar-refractivity contribution in [2.24, 2.45) is 0 Å². The molecule has 6 aromatic rings. The topological polar surface area (TPSA) is 174 Å². The first-order valence-electron chi connectivity index (χ1n) is 20.2. The minimum absolute atomic E-state index is 0.124. The van der Waals surface area contributed by atoms with Crippen molar-refractivity contribution in [3.63, 3.8) is 0 Å². The Bertz CT molecular complexity index is 2340. The molecule has 5 heterocycles. The number of piperidine rings is 1. The van der Waals surface area contributed by atoms with Crippen molar-refractivity contribution in [1.29, 1.82) is 0 Å². The van der Waals surface area contributed by atoms with Gasteiger partial charge in [0.15, 0.2) is 5.82 Å². The van der Waals surface area contributed by atoms with Gasteiger partial charge in [0.2, 0.25) is 12.0 Å². The van der Waals surface area contributed by atoms with E-state index in [0.717, 1.165) is 78.2 Å². The van der Waals surface area contributed by atoms with E-state index in [1.807, 2.05) is 53.4 Å². The van der Waals surface area contributed by atoms with Crippen LogP contribution in [0.1, 0.15) is 86.0 Å².